The van der Waals surface area contributed by atoms with Gasteiger partial charge in [0.05, 0.1) is 0 Å². The van der Waals surface area contributed by atoms with Crippen molar-refractivity contribution in [2.45, 2.75) is 12.5 Å². The summed E-state index contributed by atoms with van der Waals surface area (Å²) >= 11 is 0. The van der Waals surface area contributed by atoms with Gasteiger partial charge in [0.1, 0.15) is 5.54 Å². The van der Waals surface area contributed by atoms with Crippen LogP contribution in [0.25, 0.3) is 0 Å². The lowest BCUT2D eigenvalue weighted by Gasteiger charge is -2.44. The number of nitrogens with two attached hydrogens (primary N) is 1. The molecule has 1 heterocycles. The van der Waals surface area contributed by atoms with Gasteiger partial charge in [-0.3, -0.25) is 4.79 Å². The highest BCUT2D eigenvalue weighted by molar-refractivity contribution is 7.86. The molecule has 1 fully saturated rings. The van der Waals surface area contributed by atoms with Crippen molar-refractivity contribution < 1.29 is 13.2 Å². The summed E-state index contributed by atoms with van der Waals surface area (Å²) in [4.78, 5) is 12.2. The average molecular weight is 283 g/mol. The van der Waals surface area contributed by atoms with Crippen LogP contribution in [0.2, 0.25) is 0 Å². The Morgan fingerprint density at radius 1 is 1.37 bits per heavy atom. The van der Waals surface area contributed by atoms with Gasteiger partial charge < -0.3 is 5.32 Å². The third-order valence-corrected chi connectivity index (χ3v) is 4.55. The van der Waals surface area contributed by atoms with Gasteiger partial charge in [-0.2, -0.15) is 12.7 Å². The Hall–Kier alpha value is -1.28. The third-order valence-electron chi connectivity index (χ3n) is 3.44. The standard InChI is InChI=1S/C12H17N3O3S/c1-10(16)12(11-5-3-2-4-6-11)9-14-7-8-15(12)19(13,17)18/h2-6,14H,7-9H2,1H3,(H2,13,17,18). The van der Waals surface area contributed by atoms with Crippen LogP contribution in [-0.4, -0.2) is 38.1 Å². The van der Waals surface area contributed by atoms with Crippen molar-refractivity contribution in [3.05, 3.63) is 35.9 Å². The van der Waals surface area contributed by atoms with Gasteiger partial charge in [0.2, 0.25) is 0 Å². The number of nitrogens with one attached hydrogen (secondary N) is 1. The Morgan fingerprint density at radius 3 is 2.53 bits per heavy atom. The molecule has 1 unspecified atom stereocenters. The predicted molar refractivity (Wildman–Crippen MR) is 71.5 cm³/mol. The van der Waals surface area contributed by atoms with Gasteiger partial charge in [-0.25, -0.2) is 5.14 Å². The van der Waals surface area contributed by atoms with Gasteiger partial charge in [0.25, 0.3) is 10.2 Å². The molecular formula is C12H17N3O3S. The van der Waals surface area contributed by atoms with Crippen LogP contribution in [0.4, 0.5) is 0 Å². The molecule has 1 aromatic carbocycles. The molecule has 0 aliphatic carbocycles. The van der Waals surface area contributed by atoms with Crippen LogP contribution in [0.15, 0.2) is 30.3 Å². The minimum atomic E-state index is -3.95. The SMILES string of the molecule is CC(=O)C1(c2ccccc2)CNCCN1S(N)(=O)=O. The quantitative estimate of drug-likeness (QED) is 0.788. The highest BCUT2D eigenvalue weighted by atomic mass is 32.2. The fraction of sp³-hybridized carbons (Fsp3) is 0.417. The minimum absolute atomic E-state index is 0.174. The maximum atomic E-state index is 12.2. The second kappa shape index (κ2) is 5.01. The Kier molecular flexibility index (Phi) is 3.73. The zero-order valence-electron chi connectivity index (χ0n) is 10.7. The Balaban J connectivity index is 2.63. The van der Waals surface area contributed by atoms with Crippen molar-refractivity contribution in [1.29, 1.82) is 0 Å². The van der Waals surface area contributed by atoms with Crippen molar-refractivity contribution in [2.75, 3.05) is 19.6 Å². The summed E-state index contributed by atoms with van der Waals surface area (Å²) in [5.74, 6) is -0.250. The molecule has 1 saturated heterocycles. The molecule has 19 heavy (non-hydrogen) atoms. The lowest BCUT2D eigenvalue weighted by molar-refractivity contribution is -0.127. The first-order valence-corrected chi connectivity index (χ1v) is 7.47. The van der Waals surface area contributed by atoms with Crippen molar-refractivity contribution in [2.24, 2.45) is 5.14 Å². The number of carbonyl (C=O) groups is 1. The van der Waals surface area contributed by atoms with Gasteiger partial charge in [-0.15, -0.1) is 0 Å². The molecule has 1 aromatic rings. The summed E-state index contributed by atoms with van der Waals surface area (Å²) in [7, 11) is -3.95. The van der Waals surface area contributed by atoms with E-state index in [1.54, 1.807) is 24.3 Å². The second-order valence-electron chi connectivity index (χ2n) is 4.58. The number of carbonyl (C=O) groups excluding carboxylic acids is 1. The summed E-state index contributed by atoms with van der Waals surface area (Å²) in [5.41, 5.74) is -0.628. The zero-order chi connectivity index (χ0) is 14.1. The first-order valence-electron chi connectivity index (χ1n) is 5.97. The topological polar surface area (TPSA) is 92.5 Å². The second-order valence-corrected chi connectivity index (χ2v) is 6.05. The van der Waals surface area contributed by atoms with Crippen molar-refractivity contribution in [1.82, 2.24) is 9.62 Å². The number of hydrogen-bond acceptors (Lipinski definition) is 4. The highest BCUT2D eigenvalue weighted by Gasteiger charge is 2.49. The maximum Gasteiger partial charge on any atom is 0.278 e. The molecule has 104 valence electrons. The summed E-state index contributed by atoms with van der Waals surface area (Å²) in [6.45, 7) is 2.26. The number of benzene rings is 1. The monoisotopic (exact) mass is 283 g/mol. The van der Waals surface area contributed by atoms with E-state index < -0.39 is 15.7 Å². The number of Topliss-reactive ketones (excluding diaryl/α,β-unsaturated/α-hetero) is 1. The van der Waals surface area contributed by atoms with Gasteiger partial charge in [-0.1, -0.05) is 30.3 Å². The van der Waals surface area contributed by atoms with E-state index in [4.69, 9.17) is 5.14 Å². The number of rotatable bonds is 3. The van der Waals surface area contributed by atoms with Gasteiger partial charge in [0.15, 0.2) is 5.78 Å². The average Bonchev–Trinajstić information content (AvgIpc) is 2.38. The fourth-order valence-corrected chi connectivity index (χ4v) is 3.62. The molecule has 0 radical (unpaired) electrons. The van der Waals surface area contributed by atoms with Crippen LogP contribution in [0.1, 0.15) is 12.5 Å². The molecule has 6 nitrogen and oxygen atoms in total. The smallest absolute Gasteiger partial charge is 0.278 e. The molecule has 0 amide bonds. The normalized spacial score (nSPS) is 25.2. The number of piperazine rings is 1. The predicted octanol–water partition coefficient (Wildman–Crippen LogP) is -0.420. The number of ketones is 1. The number of hydrogen-bond donors (Lipinski definition) is 2. The Labute approximate surface area is 112 Å². The molecule has 7 heteroatoms. The summed E-state index contributed by atoms with van der Waals surface area (Å²) < 4.78 is 24.7. The number of nitrogens with zero attached hydrogens (tertiary/aromatic N) is 1. The molecule has 1 aliphatic heterocycles. The summed E-state index contributed by atoms with van der Waals surface area (Å²) in [5, 5.41) is 8.35. The lowest BCUT2D eigenvalue weighted by Crippen LogP contribution is -2.65. The molecule has 2 rings (SSSR count). The van der Waals surface area contributed by atoms with E-state index >= 15 is 0 Å². The molecule has 0 bridgehead atoms. The molecule has 1 atom stereocenters. The highest BCUT2D eigenvalue weighted by Crippen LogP contribution is 2.32. The van der Waals surface area contributed by atoms with Crippen LogP contribution in [-0.2, 0) is 20.5 Å². The minimum Gasteiger partial charge on any atom is -0.313 e. The van der Waals surface area contributed by atoms with Gasteiger partial charge >= 0.3 is 0 Å². The molecule has 0 aromatic heterocycles. The molecule has 0 saturated carbocycles. The van der Waals surface area contributed by atoms with Gasteiger partial charge in [-0.05, 0) is 12.5 Å². The molecule has 3 N–H and O–H groups in total. The molecule has 1 aliphatic rings. The van der Waals surface area contributed by atoms with Crippen molar-refractivity contribution in [3.8, 4) is 0 Å². The first kappa shape index (κ1) is 14.1. The van der Waals surface area contributed by atoms with E-state index in [2.05, 4.69) is 5.32 Å². The van der Waals surface area contributed by atoms with Crippen LogP contribution in [0.5, 0.6) is 0 Å². The first-order chi connectivity index (χ1) is 8.89. The van der Waals surface area contributed by atoms with Crippen LogP contribution in [0.3, 0.4) is 0 Å². The van der Waals surface area contributed by atoms with Crippen molar-refractivity contribution >= 4 is 16.0 Å². The maximum absolute atomic E-state index is 12.2. The summed E-state index contributed by atoms with van der Waals surface area (Å²) in [6, 6.07) is 8.85. The molecule has 0 spiro atoms. The van der Waals surface area contributed by atoms with E-state index in [1.165, 1.54) is 6.92 Å². The van der Waals surface area contributed by atoms with Gasteiger partial charge in [0, 0.05) is 19.6 Å². The Bertz CT molecular complexity index is 573. The van der Waals surface area contributed by atoms with E-state index in [1.807, 2.05) is 6.07 Å². The van der Waals surface area contributed by atoms with Crippen LogP contribution in [0, 0.1) is 0 Å². The fourth-order valence-electron chi connectivity index (χ4n) is 2.54. The Morgan fingerprint density at radius 2 is 2.00 bits per heavy atom. The van der Waals surface area contributed by atoms with Crippen LogP contribution >= 0.6 is 0 Å². The summed E-state index contributed by atoms with van der Waals surface area (Å²) in [6.07, 6.45) is 0. The van der Waals surface area contributed by atoms with E-state index in [0.29, 0.717) is 12.1 Å². The van der Waals surface area contributed by atoms with E-state index in [9.17, 15) is 13.2 Å². The lowest BCUT2D eigenvalue weighted by atomic mass is 9.84. The molecular weight excluding hydrogens is 266 g/mol. The van der Waals surface area contributed by atoms with Crippen molar-refractivity contribution in [3.63, 3.8) is 0 Å². The largest absolute Gasteiger partial charge is 0.313 e. The zero-order valence-corrected chi connectivity index (χ0v) is 11.5. The van der Waals surface area contributed by atoms with E-state index in [0.717, 1.165) is 4.31 Å². The van der Waals surface area contributed by atoms with E-state index in [-0.39, 0.29) is 18.9 Å². The van der Waals surface area contributed by atoms with Crippen LogP contribution < -0.4 is 10.5 Å². The third kappa shape index (κ3) is 2.42.